The Morgan fingerprint density at radius 1 is 0.750 bits per heavy atom. The molecule has 0 heterocycles. The van der Waals surface area contributed by atoms with Gasteiger partial charge in [0.2, 0.25) is 0 Å². The molecule has 0 saturated heterocycles. The van der Waals surface area contributed by atoms with Crippen molar-refractivity contribution >= 4 is 0 Å². The fourth-order valence-corrected chi connectivity index (χ4v) is 3.08. The Balaban J connectivity index is 3.07. The second kappa shape index (κ2) is 19.2. The third-order valence-corrected chi connectivity index (χ3v) is 4.81. The number of hydrogen-bond donors (Lipinski definition) is 2. The maximum Gasteiger partial charge on any atom is 0.100 e. The summed E-state index contributed by atoms with van der Waals surface area (Å²) < 4.78 is 5.30. The number of aliphatic hydroxyl groups excluding tert-OH is 2. The van der Waals surface area contributed by atoms with Gasteiger partial charge in [0.1, 0.15) is 6.10 Å². The van der Waals surface area contributed by atoms with E-state index in [-0.39, 0.29) is 13.2 Å². The van der Waals surface area contributed by atoms with Gasteiger partial charge in [-0.15, -0.1) is 0 Å². The zero-order chi connectivity index (χ0) is 17.9. The van der Waals surface area contributed by atoms with Gasteiger partial charge in [-0.05, 0) is 12.3 Å². The molecule has 0 rings (SSSR count). The summed E-state index contributed by atoms with van der Waals surface area (Å²) in [6, 6.07) is 0. The van der Waals surface area contributed by atoms with Crippen molar-refractivity contribution in [3.63, 3.8) is 0 Å². The molecule has 0 amide bonds. The smallest absolute Gasteiger partial charge is 0.100 e. The van der Waals surface area contributed by atoms with E-state index in [1.807, 2.05) is 0 Å². The van der Waals surface area contributed by atoms with Crippen molar-refractivity contribution in [1.29, 1.82) is 0 Å². The summed E-state index contributed by atoms with van der Waals surface area (Å²) in [6.07, 6.45) is 18.2. The molecule has 0 aromatic rings. The van der Waals surface area contributed by atoms with Crippen LogP contribution in [0.15, 0.2) is 0 Å². The molecule has 2 atom stereocenters. The first kappa shape index (κ1) is 23.9. The van der Waals surface area contributed by atoms with E-state index in [0.717, 1.165) is 12.3 Å². The molecule has 0 aromatic carbocycles. The zero-order valence-electron chi connectivity index (χ0n) is 16.5. The normalized spacial score (nSPS) is 14.0. The van der Waals surface area contributed by atoms with Gasteiger partial charge >= 0.3 is 0 Å². The van der Waals surface area contributed by atoms with E-state index in [1.165, 1.54) is 83.5 Å². The van der Waals surface area contributed by atoms with Crippen molar-refractivity contribution < 1.29 is 14.9 Å². The number of hydrogen-bond acceptors (Lipinski definition) is 3. The van der Waals surface area contributed by atoms with E-state index < -0.39 is 6.10 Å². The highest BCUT2D eigenvalue weighted by Gasteiger charge is 2.02. The number of aliphatic hydroxyl groups is 2. The molecule has 2 unspecified atom stereocenters. The molecule has 146 valence electrons. The molecule has 0 bridgehead atoms. The lowest BCUT2D eigenvalue weighted by Crippen LogP contribution is -2.19. The fourth-order valence-electron chi connectivity index (χ4n) is 3.08. The number of ether oxygens (including phenoxy) is 1. The summed E-state index contributed by atoms with van der Waals surface area (Å²) in [7, 11) is 0. The van der Waals surface area contributed by atoms with E-state index in [2.05, 4.69) is 13.8 Å². The monoisotopic (exact) mass is 344 g/mol. The van der Waals surface area contributed by atoms with Crippen molar-refractivity contribution in [1.82, 2.24) is 0 Å². The van der Waals surface area contributed by atoms with Crippen LogP contribution in [0, 0.1) is 5.92 Å². The highest BCUT2D eigenvalue weighted by molar-refractivity contribution is 4.55. The Labute approximate surface area is 151 Å². The summed E-state index contributed by atoms with van der Waals surface area (Å²) in [5, 5.41) is 17.8. The summed E-state index contributed by atoms with van der Waals surface area (Å²) in [6.45, 7) is 5.44. The molecule has 0 aliphatic carbocycles. The summed E-state index contributed by atoms with van der Waals surface area (Å²) in [5.41, 5.74) is 0. The zero-order valence-corrected chi connectivity index (χ0v) is 16.5. The maximum absolute atomic E-state index is 9.12. The first-order chi connectivity index (χ1) is 11.7. The second-order valence-corrected chi connectivity index (χ2v) is 7.48. The highest BCUT2D eigenvalue weighted by Crippen LogP contribution is 2.17. The maximum atomic E-state index is 9.12. The molecule has 3 heteroatoms. The van der Waals surface area contributed by atoms with Crippen molar-refractivity contribution in [3.8, 4) is 0 Å². The van der Waals surface area contributed by atoms with Crippen LogP contribution in [0.3, 0.4) is 0 Å². The molecule has 2 N–H and O–H groups in total. The molecule has 0 radical (unpaired) electrons. The number of unbranched alkanes of at least 4 members (excludes halogenated alkanes) is 10. The molecular formula is C21H44O3. The van der Waals surface area contributed by atoms with Crippen LogP contribution in [0.4, 0.5) is 0 Å². The minimum absolute atomic E-state index is 0.210. The van der Waals surface area contributed by atoms with E-state index in [0.29, 0.717) is 6.61 Å². The molecule has 0 saturated carbocycles. The lowest BCUT2D eigenvalue weighted by atomic mass is 9.97. The first-order valence-electron chi connectivity index (χ1n) is 10.6. The minimum Gasteiger partial charge on any atom is -0.394 e. The fraction of sp³-hybridized carbons (Fsp3) is 1.00. The molecular weight excluding hydrogens is 300 g/mol. The lowest BCUT2D eigenvalue weighted by molar-refractivity contribution is 0.00526. The Hall–Kier alpha value is -0.120. The molecule has 0 aliphatic rings. The van der Waals surface area contributed by atoms with Crippen molar-refractivity contribution in [2.24, 2.45) is 5.92 Å². The van der Waals surface area contributed by atoms with Crippen LogP contribution < -0.4 is 0 Å². The molecule has 24 heavy (non-hydrogen) atoms. The second-order valence-electron chi connectivity index (χ2n) is 7.48. The van der Waals surface area contributed by atoms with Gasteiger partial charge < -0.3 is 14.9 Å². The Morgan fingerprint density at radius 3 is 1.79 bits per heavy atom. The average Bonchev–Trinajstić information content (AvgIpc) is 2.59. The van der Waals surface area contributed by atoms with Crippen LogP contribution >= 0.6 is 0 Å². The Bertz CT molecular complexity index is 233. The van der Waals surface area contributed by atoms with Crippen LogP contribution in [0.25, 0.3) is 0 Å². The SMILES string of the molecule is CCCCC(C)CCCCCCCCCCCCOCC(O)CO. The van der Waals surface area contributed by atoms with Gasteiger partial charge in [0.15, 0.2) is 0 Å². The molecule has 3 nitrogen and oxygen atoms in total. The largest absolute Gasteiger partial charge is 0.394 e. The van der Waals surface area contributed by atoms with Gasteiger partial charge in [-0.2, -0.15) is 0 Å². The van der Waals surface area contributed by atoms with Crippen LogP contribution in [-0.2, 0) is 4.74 Å². The van der Waals surface area contributed by atoms with E-state index in [1.54, 1.807) is 0 Å². The van der Waals surface area contributed by atoms with Crippen molar-refractivity contribution in [2.75, 3.05) is 19.8 Å². The van der Waals surface area contributed by atoms with Crippen LogP contribution in [-0.4, -0.2) is 36.1 Å². The van der Waals surface area contributed by atoms with Crippen LogP contribution in [0.2, 0.25) is 0 Å². The topological polar surface area (TPSA) is 49.7 Å². The average molecular weight is 345 g/mol. The van der Waals surface area contributed by atoms with Crippen LogP contribution in [0.5, 0.6) is 0 Å². The predicted molar refractivity (Wildman–Crippen MR) is 103 cm³/mol. The molecule has 0 fully saturated rings. The van der Waals surface area contributed by atoms with Gasteiger partial charge in [0, 0.05) is 6.61 Å². The van der Waals surface area contributed by atoms with Crippen molar-refractivity contribution in [3.05, 3.63) is 0 Å². The van der Waals surface area contributed by atoms with Gasteiger partial charge in [0.05, 0.1) is 13.2 Å². The molecule has 0 aliphatic heterocycles. The Morgan fingerprint density at radius 2 is 1.25 bits per heavy atom. The predicted octanol–water partition coefficient (Wildman–Crippen LogP) is 5.47. The third-order valence-electron chi connectivity index (χ3n) is 4.81. The van der Waals surface area contributed by atoms with Gasteiger partial charge in [0.25, 0.3) is 0 Å². The summed E-state index contributed by atoms with van der Waals surface area (Å²) in [5.74, 6) is 0.931. The van der Waals surface area contributed by atoms with E-state index in [4.69, 9.17) is 14.9 Å². The van der Waals surface area contributed by atoms with Crippen LogP contribution in [0.1, 0.15) is 104 Å². The minimum atomic E-state index is -0.718. The Kier molecular flexibility index (Phi) is 19.1. The summed E-state index contributed by atoms with van der Waals surface area (Å²) >= 11 is 0. The van der Waals surface area contributed by atoms with E-state index in [9.17, 15) is 0 Å². The van der Waals surface area contributed by atoms with Gasteiger partial charge in [-0.25, -0.2) is 0 Å². The van der Waals surface area contributed by atoms with Crippen molar-refractivity contribution in [2.45, 2.75) is 110 Å². The lowest BCUT2D eigenvalue weighted by Gasteiger charge is -2.10. The number of rotatable bonds is 19. The molecule has 0 spiro atoms. The highest BCUT2D eigenvalue weighted by atomic mass is 16.5. The standard InChI is InChI=1S/C21H44O3/c1-3-4-15-20(2)16-13-11-9-7-5-6-8-10-12-14-17-24-19-21(23)18-22/h20-23H,3-19H2,1-2H3. The van der Waals surface area contributed by atoms with Gasteiger partial charge in [-0.1, -0.05) is 97.3 Å². The molecule has 0 aromatic heterocycles. The third kappa shape index (κ3) is 18.2. The summed E-state index contributed by atoms with van der Waals surface area (Å²) in [4.78, 5) is 0. The van der Waals surface area contributed by atoms with E-state index >= 15 is 0 Å². The first-order valence-corrected chi connectivity index (χ1v) is 10.6. The quantitative estimate of drug-likeness (QED) is 0.305. The van der Waals surface area contributed by atoms with Gasteiger partial charge in [-0.3, -0.25) is 0 Å².